The van der Waals surface area contributed by atoms with Crippen molar-refractivity contribution in [1.82, 2.24) is 14.1 Å². The Morgan fingerprint density at radius 3 is 2.29 bits per heavy atom. The highest BCUT2D eigenvalue weighted by Gasteiger charge is 2.38. The number of carbonyl (C=O) groups is 2. The van der Waals surface area contributed by atoms with E-state index < -0.39 is 16.1 Å². The van der Waals surface area contributed by atoms with E-state index in [1.165, 1.54) is 16.4 Å². The lowest BCUT2D eigenvalue weighted by Gasteiger charge is -2.39. The number of rotatable bonds is 7. The van der Waals surface area contributed by atoms with Gasteiger partial charge in [0, 0.05) is 51.3 Å². The van der Waals surface area contributed by atoms with Gasteiger partial charge in [-0.2, -0.15) is 4.31 Å². The summed E-state index contributed by atoms with van der Waals surface area (Å²) in [5.74, 6) is -0.146. The summed E-state index contributed by atoms with van der Waals surface area (Å²) in [7, 11) is -3.85. The van der Waals surface area contributed by atoms with Crippen LogP contribution in [0.5, 0.6) is 0 Å². The summed E-state index contributed by atoms with van der Waals surface area (Å²) < 4.78 is 29.0. The average Bonchev–Trinajstić information content (AvgIpc) is 2.89. The minimum absolute atomic E-state index is 0.0136. The molecule has 2 heterocycles. The molecule has 1 atom stereocenters. The zero-order valence-electron chi connectivity index (χ0n) is 20.4. The Morgan fingerprint density at radius 1 is 0.943 bits per heavy atom. The Labute approximate surface area is 207 Å². The molecule has 188 valence electrons. The molecule has 0 spiro atoms. The Hall–Kier alpha value is -2.75. The maximum Gasteiger partial charge on any atom is 0.243 e. The van der Waals surface area contributed by atoms with Crippen LogP contribution >= 0.6 is 0 Å². The number of nitrogens with zero attached hydrogens (tertiary/aromatic N) is 3. The molecule has 35 heavy (non-hydrogen) atoms. The smallest absolute Gasteiger partial charge is 0.243 e. The monoisotopic (exact) mass is 498 g/mol. The second kappa shape index (κ2) is 10.9. The molecule has 2 aliphatic rings. The standard InChI is InChI=1S/C26H34N4O4S/c1-3-25(31)27-21-9-11-22(12-10-21)35(33,34)30-14-13-20-7-5-6-8-23(20)24(30)19-26(32)29-17-15-28(4-2)16-18-29/h5-12,24H,3-4,13-19H2,1-2H3,(H,27,31)/t24-/m1/s1. The van der Waals surface area contributed by atoms with E-state index in [9.17, 15) is 18.0 Å². The SMILES string of the molecule is CCC(=O)Nc1ccc(S(=O)(=O)N2CCc3ccccc3[C@H]2CC(=O)N2CCN(CC)CC2)cc1. The van der Waals surface area contributed by atoms with E-state index in [0.717, 1.165) is 30.8 Å². The van der Waals surface area contributed by atoms with E-state index in [-0.39, 0.29) is 23.1 Å². The van der Waals surface area contributed by atoms with Crippen molar-refractivity contribution < 1.29 is 18.0 Å². The van der Waals surface area contributed by atoms with Crippen LogP contribution in [0.3, 0.4) is 0 Å². The number of hydrogen-bond acceptors (Lipinski definition) is 5. The first-order chi connectivity index (χ1) is 16.8. The Balaban J connectivity index is 1.59. The molecule has 1 N–H and O–H groups in total. The summed E-state index contributed by atoms with van der Waals surface area (Å²) in [5.41, 5.74) is 2.54. The lowest BCUT2D eigenvalue weighted by Crippen LogP contribution is -2.50. The quantitative estimate of drug-likeness (QED) is 0.634. The normalized spacial score (nSPS) is 19.3. The fraction of sp³-hybridized carbons (Fsp3) is 0.462. The second-order valence-corrected chi connectivity index (χ2v) is 10.9. The maximum atomic E-state index is 13.7. The van der Waals surface area contributed by atoms with Crippen molar-refractivity contribution in [1.29, 1.82) is 0 Å². The van der Waals surface area contributed by atoms with Crippen LogP contribution in [0.1, 0.15) is 43.9 Å². The average molecular weight is 499 g/mol. The van der Waals surface area contributed by atoms with Crippen molar-refractivity contribution >= 4 is 27.5 Å². The summed E-state index contributed by atoms with van der Waals surface area (Å²) in [6.45, 7) is 8.16. The van der Waals surface area contributed by atoms with Gasteiger partial charge in [-0.3, -0.25) is 9.59 Å². The van der Waals surface area contributed by atoms with Crippen molar-refractivity contribution in [2.75, 3.05) is 44.6 Å². The molecule has 9 heteroatoms. The third-order valence-corrected chi connectivity index (χ3v) is 8.89. The van der Waals surface area contributed by atoms with Gasteiger partial charge >= 0.3 is 0 Å². The molecule has 1 saturated heterocycles. The molecular formula is C26H34N4O4S. The fourth-order valence-electron chi connectivity index (χ4n) is 4.83. The van der Waals surface area contributed by atoms with Crippen molar-refractivity contribution in [2.24, 2.45) is 0 Å². The predicted molar refractivity (Wildman–Crippen MR) is 135 cm³/mol. The van der Waals surface area contributed by atoms with Gasteiger partial charge in [-0.15, -0.1) is 0 Å². The highest BCUT2D eigenvalue weighted by Crippen LogP contribution is 2.37. The van der Waals surface area contributed by atoms with Gasteiger partial charge in [0.2, 0.25) is 21.8 Å². The van der Waals surface area contributed by atoms with E-state index in [4.69, 9.17) is 0 Å². The van der Waals surface area contributed by atoms with Gasteiger partial charge in [-0.1, -0.05) is 38.1 Å². The van der Waals surface area contributed by atoms with E-state index in [1.54, 1.807) is 19.1 Å². The van der Waals surface area contributed by atoms with Gasteiger partial charge in [0.15, 0.2) is 0 Å². The fourth-order valence-corrected chi connectivity index (χ4v) is 6.44. The summed E-state index contributed by atoms with van der Waals surface area (Å²) in [6.07, 6.45) is 1.06. The van der Waals surface area contributed by atoms with Gasteiger partial charge in [0.05, 0.1) is 10.9 Å². The molecule has 0 bridgehead atoms. The van der Waals surface area contributed by atoms with Crippen molar-refractivity contribution in [2.45, 2.75) is 44.0 Å². The molecule has 2 amide bonds. The minimum atomic E-state index is -3.85. The number of amides is 2. The van der Waals surface area contributed by atoms with E-state index >= 15 is 0 Å². The number of sulfonamides is 1. The first kappa shape index (κ1) is 25.3. The van der Waals surface area contributed by atoms with Crippen LogP contribution in [-0.4, -0.2) is 73.6 Å². The van der Waals surface area contributed by atoms with E-state index in [0.29, 0.717) is 38.2 Å². The van der Waals surface area contributed by atoms with Gasteiger partial charge in [0.1, 0.15) is 0 Å². The third-order valence-electron chi connectivity index (χ3n) is 6.97. The number of piperazine rings is 1. The predicted octanol–water partition coefficient (Wildman–Crippen LogP) is 2.88. The zero-order valence-corrected chi connectivity index (χ0v) is 21.3. The Morgan fingerprint density at radius 2 is 1.63 bits per heavy atom. The van der Waals surface area contributed by atoms with Gasteiger partial charge in [-0.05, 0) is 48.4 Å². The van der Waals surface area contributed by atoms with Crippen LogP contribution in [0, 0.1) is 0 Å². The molecule has 2 aromatic carbocycles. The molecule has 0 saturated carbocycles. The second-order valence-electron chi connectivity index (χ2n) is 9.03. The molecule has 0 radical (unpaired) electrons. The lowest BCUT2D eigenvalue weighted by atomic mass is 9.92. The van der Waals surface area contributed by atoms with Crippen molar-refractivity contribution in [3.05, 3.63) is 59.7 Å². The van der Waals surface area contributed by atoms with Gasteiger partial charge in [-0.25, -0.2) is 8.42 Å². The van der Waals surface area contributed by atoms with Crippen molar-refractivity contribution in [3.8, 4) is 0 Å². The summed E-state index contributed by atoms with van der Waals surface area (Å²) >= 11 is 0. The number of nitrogens with one attached hydrogen (secondary N) is 1. The molecule has 2 aliphatic heterocycles. The van der Waals surface area contributed by atoms with Gasteiger partial charge in [0.25, 0.3) is 0 Å². The highest BCUT2D eigenvalue weighted by molar-refractivity contribution is 7.89. The first-order valence-electron chi connectivity index (χ1n) is 12.3. The first-order valence-corrected chi connectivity index (χ1v) is 13.8. The number of anilines is 1. The van der Waals surface area contributed by atoms with Crippen LogP contribution in [0.4, 0.5) is 5.69 Å². The molecule has 1 fully saturated rings. The molecule has 4 rings (SSSR count). The number of carbonyl (C=O) groups excluding carboxylic acids is 2. The van der Waals surface area contributed by atoms with Crippen LogP contribution in [0.25, 0.3) is 0 Å². The lowest BCUT2D eigenvalue weighted by molar-refractivity contribution is -0.134. The molecular weight excluding hydrogens is 464 g/mol. The minimum Gasteiger partial charge on any atom is -0.340 e. The summed E-state index contributed by atoms with van der Waals surface area (Å²) in [6, 6.07) is 13.5. The zero-order chi connectivity index (χ0) is 25.0. The van der Waals surface area contributed by atoms with Gasteiger partial charge < -0.3 is 15.1 Å². The molecule has 8 nitrogen and oxygen atoms in total. The number of hydrogen-bond donors (Lipinski definition) is 1. The molecule has 0 aliphatic carbocycles. The maximum absolute atomic E-state index is 13.7. The van der Waals surface area contributed by atoms with Crippen LogP contribution in [0.15, 0.2) is 53.4 Å². The summed E-state index contributed by atoms with van der Waals surface area (Å²) in [5, 5.41) is 2.74. The van der Waals surface area contributed by atoms with E-state index in [2.05, 4.69) is 17.1 Å². The van der Waals surface area contributed by atoms with Crippen LogP contribution < -0.4 is 5.32 Å². The van der Waals surface area contributed by atoms with Crippen LogP contribution in [-0.2, 0) is 26.0 Å². The molecule has 2 aromatic rings. The molecule has 0 unspecified atom stereocenters. The number of fused-ring (bicyclic) bond motifs is 1. The highest BCUT2D eigenvalue weighted by atomic mass is 32.2. The van der Waals surface area contributed by atoms with Crippen LogP contribution in [0.2, 0.25) is 0 Å². The Bertz CT molecular complexity index is 1160. The molecule has 0 aromatic heterocycles. The van der Waals surface area contributed by atoms with Crippen molar-refractivity contribution in [3.63, 3.8) is 0 Å². The Kier molecular flexibility index (Phi) is 7.88. The van der Waals surface area contributed by atoms with E-state index in [1.807, 2.05) is 29.2 Å². The number of likely N-dealkylation sites (N-methyl/N-ethyl adjacent to an activating group) is 1. The largest absolute Gasteiger partial charge is 0.340 e. The summed E-state index contributed by atoms with van der Waals surface area (Å²) in [4.78, 5) is 29.3. The topological polar surface area (TPSA) is 90.0 Å². The third kappa shape index (κ3) is 5.58. The number of benzene rings is 2.